The third kappa shape index (κ3) is 4.96. The van der Waals surface area contributed by atoms with E-state index in [1.807, 2.05) is 35.5 Å². The van der Waals surface area contributed by atoms with Crippen molar-refractivity contribution in [2.24, 2.45) is 5.92 Å². The molecular formula is C21H28N4O2. The maximum atomic E-state index is 12.4. The molecule has 0 unspecified atom stereocenters. The number of amides is 2. The second-order valence-corrected chi connectivity index (χ2v) is 7.47. The lowest BCUT2D eigenvalue weighted by Gasteiger charge is -2.32. The van der Waals surface area contributed by atoms with E-state index in [2.05, 4.69) is 28.7 Å². The van der Waals surface area contributed by atoms with E-state index in [4.69, 9.17) is 0 Å². The number of carbonyl (C=O) groups is 2. The highest BCUT2D eigenvalue weighted by molar-refractivity contribution is 5.96. The largest absolute Gasteiger partial charge is 0.343 e. The molecule has 1 aliphatic rings. The van der Waals surface area contributed by atoms with Crippen molar-refractivity contribution in [1.29, 1.82) is 0 Å². The number of rotatable bonds is 6. The number of nitrogens with zero attached hydrogens (tertiary/aromatic N) is 3. The van der Waals surface area contributed by atoms with Crippen LogP contribution in [0.2, 0.25) is 0 Å². The molecule has 1 aromatic heterocycles. The topological polar surface area (TPSA) is 67.2 Å². The summed E-state index contributed by atoms with van der Waals surface area (Å²) in [6, 6.07) is 8.97. The molecule has 27 heavy (non-hydrogen) atoms. The van der Waals surface area contributed by atoms with Gasteiger partial charge in [-0.3, -0.25) is 9.59 Å². The maximum Gasteiger partial charge on any atom is 0.251 e. The Morgan fingerprint density at radius 2 is 1.89 bits per heavy atom. The quantitative estimate of drug-likeness (QED) is 0.852. The number of imidazole rings is 1. The van der Waals surface area contributed by atoms with Gasteiger partial charge in [-0.15, -0.1) is 0 Å². The lowest BCUT2D eigenvalue weighted by Crippen LogP contribution is -2.44. The molecular weight excluding hydrogens is 340 g/mol. The minimum Gasteiger partial charge on any atom is -0.343 e. The van der Waals surface area contributed by atoms with E-state index in [0.717, 1.165) is 38.3 Å². The Bertz CT molecular complexity index is 761. The van der Waals surface area contributed by atoms with Crippen LogP contribution in [0, 0.1) is 5.92 Å². The van der Waals surface area contributed by atoms with Crippen LogP contribution >= 0.6 is 0 Å². The molecule has 2 aromatic rings. The predicted octanol–water partition coefficient (Wildman–Crippen LogP) is 2.68. The Morgan fingerprint density at radius 1 is 1.19 bits per heavy atom. The number of hydrogen-bond donors (Lipinski definition) is 1. The molecule has 6 nitrogen and oxygen atoms in total. The van der Waals surface area contributed by atoms with E-state index in [0.29, 0.717) is 17.4 Å². The third-order valence-electron chi connectivity index (χ3n) is 5.12. The second-order valence-electron chi connectivity index (χ2n) is 7.47. The zero-order chi connectivity index (χ0) is 19.2. The third-order valence-corrected chi connectivity index (χ3v) is 5.12. The zero-order valence-electron chi connectivity index (χ0n) is 16.1. The molecule has 0 bridgehead atoms. The van der Waals surface area contributed by atoms with Crippen LogP contribution in [-0.2, 0) is 11.3 Å². The van der Waals surface area contributed by atoms with Gasteiger partial charge in [0, 0.05) is 43.5 Å². The van der Waals surface area contributed by atoms with Crippen LogP contribution in [0.3, 0.4) is 0 Å². The number of hydrogen-bond acceptors (Lipinski definition) is 3. The van der Waals surface area contributed by atoms with E-state index in [1.54, 1.807) is 12.1 Å². The lowest BCUT2D eigenvalue weighted by molar-refractivity contribution is -0.131. The van der Waals surface area contributed by atoms with Crippen molar-refractivity contribution >= 4 is 11.8 Å². The Kier molecular flexibility index (Phi) is 6.27. The lowest BCUT2D eigenvalue weighted by atomic mass is 9.96. The van der Waals surface area contributed by atoms with Crippen LogP contribution in [0.1, 0.15) is 48.8 Å². The molecule has 2 heterocycles. The summed E-state index contributed by atoms with van der Waals surface area (Å²) in [5, 5.41) is 2.72. The van der Waals surface area contributed by atoms with E-state index in [9.17, 15) is 9.59 Å². The highest BCUT2D eigenvalue weighted by Gasteiger charge is 2.24. The highest BCUT2D eigenvalue weighted by atomic mass is 16.2. The van der Waals surface area contributed by atoms with Crippen LogP contribution < -0.4 is 5.32 Å². The normalized spacial score (nSPS) is 15.1. The van der Waals surface area contributed by atoms with Crippen LogP contribution in [-0.4, -0.2) is 45.9 Å². The molecule has 0 aliphatic carbocycles. The molecule has 6 heteroatoms. The van der Waals surface area contributed by atoms with Gasteiger partial charge in [0.25, 0.3) is 5.91 Å². The first kappa shape index (κ1) is 19.1. The Labute approximate surface area is 160 Å². The first-order chi connectivity index (χ1) is 13.0. The summed E-state index contributed by atoms with van der Waals surface area (Å²) < 4.78 is 2.24. The SMILES string of the molecule is CC(C)c1nccn1CC1CCN(C(=O)CNC(=O)c2ccccc2)CC1. The van der Waals surface area contributed by atoms with Crippen molar-refractivity contribution in [1.82, 2.24) is 19.8 Å². The van der Waals surface area contributed by atoms with Gasteiger partial charge >= 0.3 is 0 Å². The summed E-state index contributed by atoms with van der Waals surface area (Å²) in [5.74, 6) is 1.87. The van der Waals surface area contributed by atoms with E-state index in [-0.39, 0.29) is 18.4 Å². The fraction of sp³-hybridized carbons (Fsp3) is 0.476. The van der Waals surface area contributed by atoms with E-state index < -0.39 is 0 Å². The molecule has 2 amide bonds. The van der Waals surface area contributed by atoms with Crippen LogP contribution in [0.4, 0.5) is 0 Å². The highest BCUT2D eigenvalue weighted by Crippen LogP contribution is 2.21. The molecule has 1 saturated heterocycles. The number of benzene rings is 1. The summed E-state index contributed by atoms with van der Waals surface area (Å²) in [4.78, 5) is 30.8. The Balaban J connectivity index is 1.44. The van der Waals surface area contributed by atoms with Gasteiger partial charge in [0.15, 0.2) is 0 Å². The average Bonchev–Trinajstić information content (AvgIpc) is 3.15. The smallest absolute Gasteiger partial charge is 0.251 e. The van der Waals surface area contributed by atoms with Crippen molar-refractivity contribution in [3.8, 4) is 0 Å². The van der Waals surface area contributed by atoms with Crippen LogP contribution in [0.25, 0.3) is 0 Å². The molecule has 1 fully saturated rings. The van der Waals surface area contributed by atoms with Gasteiger partial charge in [-0.25, -0.2) is 4.98 Å². The number of nitrogens with one attached hydrogen (secondary N) is 1. The van der Waals surface area contributed by atoms with Crippen molar-refractivity contribution < 1.29 is 9.59 Å². The van der Waals surface area contributed by atoms with Gasteiger partial charge in [0.05, 0.1) is 6.54 Å². The fourth-order valence-electron chi connectivity index (χ4n) is 3.58. The van der Waals surface area contributed by atoms with Gasteiger partial charge in [0.2, 0.25) is 5.91 Å². The number of likely N-dealkylation sites (tertiary alicyclic amines) is 1. The summed E-state index contributed by atoms with van der Waals surface area (Å²) in [5.41, 5.74) is 0.574. The standard InChI is InChI=1S/C21H28N4O2/c1-16(2)20-22-10-13-25(20)15-17-8-11-24(12-9-17)19(26)14-23-21(27)18-6-4-3-5-7-18/h3-7,10,13,16-17H,8-9,11-12,14-15H2,1-2H3,(H,23,27). The Morgan fingerprint density at radius 3 is 2.56 bits per heavy atom. The minimum atomic E-state index is -0.208. The van der Waals surface area contributed by atoms with Gasteiger partial charge in [0.1, 0.15) is 5.82 Å². The summed E-state index contributed by atoms with van der Waals surface area (Å²) in [7, 11) is 0. The van der Waals surface area contributed by atoms with E-state index >= 15 is 0 Å². The van der Waals surface area contributed by atoms with Gasteiger partial charge in [-0.05, 0) is 30.9 Å². The zero-order valence-corrected chi connectivity index (χ0v) is 16.1. The molecule has 1 aliphatic heterocycles. The molecule has 0 spiro atoms. The molecule has 0 saturated carbocycles. The van der Waals surface area contributed by atoms with Crippen LogP contribution in [0.15, 0.2) is 42.7 Å². The predicted molar refractivity (Wildman–Crippen MR) is 104 cm³/mol. The van der Waals surface area contributed by atoms with Gasteiger partial charge < -0.3 is 14.8 Å². The monoisotopic (exact) mass is 368 g/mol. The van der Waals surface area contributed by atoms with Crippen molar-refractivity contribution in [3.05, 3.63) is 54.1 Å². The molecule has 3 rings (SSSR count). The minimum absolute atomic E-state index is 0.0109. The van der Waals surface area contributed by atoms with Crippen molar-refractivity contribution in [2.45, 2.75) is 39.2 Å². The molecule has 1 aromatic carbocycles. The maximum absolute atomic E-state index is 12.4. The number of piperidine rings is 1. The molecule has 0 radical (unpaired) electrons. The molecule has 144 valence electrons. The number of carbonyl (C=O) groups excluding carboxylic acids is 2. The van der Waals surface area contributed by atoms with Crippen molar-refractivity contribution in [3.63, 3.8) is 0 Å². The van der Waals surface area contributed by atoms with Gasteiger partial charge in [-0.1, -0.05) is 32.0 Å². The van der Waals surface area contributed by atoms with Gasteiger partial charge in [-0.2, -0.15) is 0 Å². The summed E-state index contributed by atoms with van der Waals surface area (Å²) in [6.07, 6.45) is 5.87. The van der Waals surface area contributed by atoms with Crippen LogP contribution in [0.5, 0.6) is 0 Å². The summed E-state index contributed by atoms with van der Waals surface area (Å²) in [6.45, 7) is 6.82. The average molecular weight is 368 g/mol. The van der Waals surface area contributed by atoms with E-state index in [1.165, 1.54) is 0 Å². The first-order valence-electron chi connectivity index (χ1n) is 9.66. The Hall–Kier alpha value is -2.63. The fourth-order valence-corrected chi connectivity index (χ4v) is 3.58. The summed E-state index contributed by atoms with van der Waals surface area (Å²) >= 11 is 0. The molecule has 1 N–H and O–H groups in total. The first-order valence-corrected chi connectivity index (χ1v) is 9.66. The van der Waals surface area contributed by atoms with Crippen molar-refractivity contribution in [2.75, 3.05) is 19.6 Å². The molecule has 0 atom stereocenters. The number of aromatic nitrogens is 2. The second kappa shape index (κ2) is 8.84.